The molecule has 0 unspecified atom stereocenters. The fourth-order valence-electron chi connectivity index (χ4n) is 2.24. The minimum atomic E-state index is -4.60. The van der Waals surface area contributed by atoms with Crippen LogP contribution in [0.1, 0.15) is 38.8 Å². The summed E-state index contributed by atoms with van der Waals surface area (Å²) in [5.74, 6) is -1.02. The second kappa shape index (κ2) is 7.83. The van der Waals surface area contributed by atoms with Crippen molar-refractivity contribution in [3.63, 3.8) is 0 Å². The highest BCUT2D eigenvalue weighted by molar-refractivity contribution is 5.96. The molecule has 132 valence electrons. The first-order valence-corrected chi connectivity index (χ1v) is 7.64. The molecule has 25 heavy (non-hydrogen) atoms. The van der Waals surface area contributed by atoms with Gasteiger partial charge >= 0.3 is 6.18 Å². The van der Waals surface area contributed by atoms with Crippen LogP contribution in [-0.4, -0.2) is 18.4 Å². The third-order valence-corrected chi connectivity index (χ3v) is 3.48. The van der Waals surface area contributed by atoms with Crippen LogP contribution in [-0.2, 0) is 12.7 Å². The van der Waals surface area contributed by atoms with E-state index in [0.717, 1.165) is 12.1 Å². The largest absolute Gasteiger partial charge is 0.417 e. The lowest BCUT2D eigenvalue weighted by Crippen LogP contribution is -2.26. The molecule has 0 saturated carbocycles. The van der Waals surface area contributed by atoms with Crippen molar-refractivity contribution in [3.8, 4) is 0 Å². The Bertz CT molecular complexity index is 756. The zero-order valence-electron chi connectivity index (χ0n) is 13.5. The van der Waals surface area contributed by atoms with Crippen LogP contribution in [0.4, 0.5) is 13.2 Å². The van der Waals surface area contributed by atoms with E-state index in [2.05, 4.69) is 10.6 Å². The number of carbonyl (C=O) groups is 2. The molecular formula is C18H17F3N2O2. The van der Waals surface area contributed by atoms with Gasteiger partial charge in [0.15, 0.2) is 0 Å². The summed E-state index contributed by atoms with van der Waals surface area (Å²) in [6.07, 6.45) is -4.60. The Labute approximate surface area is 143 Å². The molecule has 7 heteroatoms. The molecule has 0 aromatic heterocycles. The minimum absolute atomic E-state index is 0.0563. The Morgan fingerprint density at radius 3 is 2.16 bits per heavy atom. The first kappa shape index (κ1) is 18.5. The molecule has 0 bridgehead atoms. The summed E-state index contributed by atoms with van der Waals surface area (Å²) in [6.45, 7) is 2.37. The molecular weight excluding hydrogens is 333 g/mol. The van der Waals surface area contributed by atoms with Crippen molar-refractivity contribution in [3.05, 3.63) is 70.8 Å². The number of carbonyl (C=O) groups excluding carboxylic acids is 2. The third kappa shape index (κ3) is 4.82. The maximum Gasteiger partial charge on any atom is 0.417 e. The molecule has 0 fully saturated rings. The zero-order chi connectivity index (χ0) is 18.4. The van der Waals surface area contributed by atoms with Crippen LogP contribution in [0.3, 0.4) is 0 Å². The van der Waals surface area contributed by atoms with Gasteiger partial charge in [-0.15, -0.1) is 0 Å². The van der Waals surface area contributed by atoms with Gasteiger partial charge in [0.1, 0.15) is 0 Å². The zero-order valence-corrected chi connectivity index (χ0v) is 13.5. The van der Waals surface area contributed by atoms with E-state index in [0.29, 0.717) is 17.7 Å². The van der Waals surface area contributed by atoms with Crippen molar-refractivity contribution >= 4 is 11.8 Å². The van der Waals surface area contributed by atoms with Crippen molar-refractivity contribution in [1.29, 1.82) is 0 Å². The van der Waals surface area contributed by atoms with Crippen molar-refractivity contribution in [2.24, 2.45) is 0 Å². The Morgan fingerprint density at radius 1 is 0.920 bits per heavy atom. The molecule has 0 atom stereocenters. The van der Waals surface area contributed by atoms with Crippen molar-refractivity contribution in [2.75, 3.05) is 6.54 Å². The quantitative estimate of drug-likeness (QED) is 0.868. The Hall–Kier alpha value is -2.83. The maximum absolute atomic E-state index is 12.9. The Balaban J connectivity index is 2.05. The predicted octanol–water partition coefficient (Wildman–Crippen LogP) is 3.39. The number of rotatable bonds is 5. The highest BCUT2D eigenvalue weighted by Gasteiger charge is 2.34. The molecule has 2 aromatic carbocycles. The lowest BCUT2D eigenvalue weighted by molar-refractivity contribution is -0.137. The van der Waals surface area contributed by atoms with Crippen molar-refractivity contribution in [1.82, 2.24) is 10.6 Å². The van der Waals surface area contributed by atoms with Gasteiger partial charge < -0.3 is 10.6 Å². The highest BCUT2D eigenvalue weighted by atomic mass is 19.4. The number of benzene rings is 2. The third-order valence-electron chi connectivity index (χ3n) is 3.48. The number of hydrogen-bond acceptors (Lipinski definition) is 2. The molecule has 2 rings (SSSR count). The molecule has 2 aromatic rings. The molecule has 4 nitrogen and oxygen atoms in total. The Morgan fingerprint density at radius 2 is 1.56 bits per heavy atom. The van der Waals surface area contributed by atoms with Gasteiger partial charge in [0, 0.05) is 18.7 Å². The number of halogens is 3. The van der Waals surface area contributed by atoms with Gasteiger partial charge in [0.05, 0.1) is 11.1 Å². The molecule has 0 aliphatic rings. The van der Waals surface area contributed by atoms with Crippen LogP contribution >= 0.6 is 0 Å². The lowest BCUT2D eigenvalue weighted by Gasteiger charge is -2.12. The average molecular weight is 350 g/mol. The first-order valence-electron chi connectivity index (χ1n) is 7.64. The van der Waals surface area contributed by atoms with Gasteiger partial charge in [0.2, 0.25) is 0 Å². The smallest absolute Gasteiger partial charge is 0.352 e. The summed E-state index contributed by atoms with van der Waals surface area (Å²) in [4.78, 5) is 23.7. The summed E-state index contributed by atoms with van der Waals surface area (Å²) in [5, 5.41) is 5.12. The van der Waals surface area contributed by atoms with E-state index in [4.69, 9.17) is 0 Å². The van der Waals surface area contributed by atoms with Gasteiger partial charge in [-0.05, 0) is 36.8 Å². The molecule has 0 saturated heterocycles. The summed E-state index contributed by atoms with van der Waals surface area (Å²) < 4.78 is 38.8. The fraction of sp³-hybridized carbons (Fsp3) is 0.222. The standard InChI is InChI=1S/C18H17F3N2O2/c1-2-22-16(24)13-9-7-12(8-10-13)11-23-17(25)14-5-3-4-6-15(14)18(19,20)21/h3-10H,2,11H2,1H3,(H,22,24)(H,23,25). The van der Waals surface area contributed by atoms with E-state index in [-0.39, 0.29) is 12.5 Å². The van der Waals surface area contributed by atoms with E-state index >= 15 is 0 Å². The van der Waals surface area contributed by atoms with Crippen LogP contribution in [0.25, 0.3) is 0 Å². The summed E-state index contributed by atoms with van der Waals surface area (Å²) in [5.41, 5.74) is -0.252. The minimum Gasteiger partial charge on any atom is -0.352 e. The average Bonchev–Trinajstić information content (AvgIpc) is 2.59. The van der Waals surface area contributed by atoms with E-state index < -0.39 is 23.2 Å². The molecule has 0 radical (unpaired) electrons. The normalized spacial score (nSPS) is 11.0. The number of alkyl halides is 3. The van der Waals surface area contributed by atoms with E-state index in [9.17, 15) is 22.8 Å². The van der Waals surface area contributed by atoms with Gasteiger partial charge in [-0.2, -0.15) is 13.2 Å². The van der Waals surface area contributed by atoms with Gasteiger partial charge in [-0.3, -0.25) is 9.59 Å². The monoisotopic (exact) mass is 350 g/mol. The topological polar surface area (TPSA) is 58.2 Å². The number of hydrogen-bond donors (Lipinski definition) is 2. The van der Waals surface area contributed by atoms with E-state index in [1.165, 1.54) is 12.1 Å². The molecule has 0 spiro atoms. The molecule has 2 amide bonds. The van der Waals surface area contributed by atoms with Crippen LogP contribution in [0.2, 0.25) is 0 Å². The Kier molecular flexibility index (Phi) is 5.80. The van der Waals surface area contributed by atoms with Crippen molar-refractivity contribution in [2.45, 2.75) is 19.6 Å². The van der Waals surface area contributed by atoms with Crippen LogP contribution in [0, 0.1) is 0 Å². The van der Waals surface area contributed by atoms with Crippen LogP contribution < -0.4 is 10.6 Å². The summed E-state index contributed by atoms with van der Waals surface area (Å²) in [6, 6.07) is 11.1. The molecule has 0 aliphatic carbocycles. The SMILES string of the molecule is CCNC(=O)c1ccc(CNC(=O)c2ccccc2C(F)(F)F)cc1. The maximum atomic E-state index is 12.9. The summed E-state index contributed by atoms with van der Waals surface area (Å²) in [7, 11) is 0. The van der Waals surface area contributed by atoms with Gasteiger partial charge in [-0.1, -0.05) is 24.3 Å². The second-order valence-electron chi connectivity index (χ2n) is 5.28. The van der Waals surface area contributed by atoms with Gasteiger partial charge in [0.25, 0.3) is 11.8 Å². The molecule has 0 heterocycles. The number of amides is 2. The van der Waals surface area contributed by atoms with E-state index in [1.54, 1.807) is 31.2 Å². The lowest BCUT2D eigenvalue weighted by atomic mass is 10.1. The van der Waals surface area contributed by atoms with Crippen LogP contribution in [0.5, 0.6) is 0 Å². The highest BCUT2D eigenvalue weighted by Crippen LogP contribution is 2.31. The van der Waals surface area contributed by atoms with Crippen LogP contribution in [0.15, 0.2) is 48.5 Å². The van der Waals surface area contributed by atoms with Crippen molar-refractivity contribution < 1.29 is 22.8 Å². The number of nitrogens with one attached hydrogen (secondary N) is 2. The first-order chi connectivity index (χ1) is 11.8. The van der Waals surface area contributed by atoms with E-state index in [1.807, 2.05) is 0 Å². The fourth-order valence-corrected chi connectivity index (χ4v) is 2.24. The molecule has 2 N–H and O–H groups in total. The second-order valence-corrected chi connectivity index (χ2v) is 5.28. The van der Waals surface area contributed by atoms with Gasteiger partial charge in [-0.25, -0.2) is 0 Å². The predicted molar refractivity (Wildman–Crippen MR) is 87.1 cm³/mol. The molecule has 0 aliphatic heterocycles. The summed E-state index contributed by atoms with van der Waals surface area (Å²) >= 11 is 0.